The van der Waals surface area contributed by atoms with E-state index in [0.29, 0.717) is 4.99 Å². The lowest BCUT2D eigenvalue weighted by molar-refractivity contribution is 0.172. The minimum Gasteiger partial charge on any atom is -0.389 e. The lowest BCUT2D eigenvalue weighted by Gasteiger charge is -2.36. The van der Waals surface area contributed by atoms with E-state index in [4.69, 9.17) is 18.0 Å². The molecule has 1 aliphatic rings. The zero-order valence-electron chi connectivity index (χ0n) is 12.6. The number of hydrogen-bond acceptors (Lipinski definition) is 4. The highest BCUT2D eigenvalue weighted by Crippen LogP contribution is 2.34. The molecule has 1 heterocycles. The molecule has 0 saturated heterocycles. The smallest absolute Gasteiger partial charge is 0.136 e. The molecular formula is C15H24N4S. The minimum absolute atomic E-state index is 0.221. The van der Waals surface area contributed by atoms with E-state index in [-0.39, 0.29) is 5.54 Å². The van der Waals surface area contributed by atoms with Gasteiger partial charge in [-0.2, -0.15) is 0 Å². The maximum absolute atomic E-state index is 5.78. The summed E-state index contributed by atoms with van der Waals surface area (Å²) in [6.45, 7) is 2.86. The summed E-state index contributed by atoms with van der Waals surface area (Å²) in [4.78, 5) is 7.28. The van der Waals surface area contributed by atoms with Crippen LogP contribution in [0.4, 0.5) is 5.82 Å². The molecule has 1 saturated carbocycles. The van der Waals surface area contributed by atoms with E-state index in [2.05, 4.69) is 29.3 Å². The second kappa shape index (κ2) is 6.06. The van der Waals surface area contributed by atoms with Gasteiger partial charge in [-0.25, -0.2) is 4.98 Å². The van der Waals surface area contributed by atoms with Gasteiger partial charge in [0.15, 0.2) is 0 Å². The van der Waals surface area contributed by atoms with Gasteiger partial charge in [-0.05, 0) is 46.0 Å². The van der Waals surface area contributed by atoms with E-state index in [9.17, 15) is 0 Å². The number of nitrogens with one attached hydrogen (secondary N) is 1. The standard InChI is InChI=1S/C15H24N4S/c1-11-6-7-12(13(16)20)14(18-11)17-10-15(19(2)3)8-4-5-9-15/h6-7H,4-5,8-10H2,1-3H3,(H2,16,20)(H,17,18). The number of rotatable bonds is 5. The van der Waals surface area contributed by atoms with Crippen molar-refractivity contribution in [2.24, 2.45) is 5.73 Å². The highest BCUT2D eigenvalue weighted by Gasteiger charge is 2.35. The molecule has 4 nitrogen and oxygen atoms in total. The Bertz CT molecular complexity index is 493. The Morgan fingerprint density at radius 2 is 2.05 bits per heavy atom. The van der Waals surface area contributed by atoms with Gasteiger partial charge in [-0.3, -0.25) is 0 Å². The molecule has 0 bridgehead atoms. The Hall–Kier alpha value is -1.20. The van der Waals surface area contributed by atoms with Gasteiger partial charge in [-0.15, -0.1) is 0 Å². The largest absolute Gasteiger partial charge is 0.389 e. The normalized spacial score (nSPS) is 17.4. The van der Waals surface area contributed by atoms with E-state index in [1.165, 1.54) is 25.7 Å². The zero-order valence-corrected chi connectivity index (χ0v) is 13.4. The number of aromatic nitrogens is 1. The van der Waals surface area contributed by atoms with Gasteiger partial charge < -0.3 is 16.0 Å². The van der Waals surface area contributed by atoms with E-state index < -0.39 is 0 Å². The Morgan fingerprint density at radius 1 is 1.40 bits per heavy atom. The Balaban J connectivity index is 2.17. The number of thiocarbonyl (C=S) groups is 1. The maximum atomic E-state index is 5.78. The van der Waals surface area contributed by atoms with Crippen LogP contribution in [0.15, 0.2) is 12.1 Å². The SMILES string of the molecule is Cc1ccc(C(N)=S)c(NCC2(N(C)C)CCCC2)n1. The molecule has 20 heavy (non-hydrogen) atoms. The number of pyridine rings is 1. The van der Waals surface area contributed by atoms with Crippen LogP contribution in [-0.4, -0.2) is 41.1 Å². The molecule has 0 spiro atoms. The van der Waals surface area contributed by atoms with Crippen LogP contribution in [0, 0.1) is 6.92 Å². The molecule has 0 amide bonds. The van der Waals surface area contributed by atoms with Gasteiger partial charge >= 0.3 is 0 Å². The van der Waals surface area contributed by atoms with Gasteiger partial charge in [0.2, 0.25) is 0 Å². The maximum Gasteiger partial charge on any atom is 0.136 e. The average Bonchev–Trinajstić information content (AvgIpc) is 2.86. The van der Waals surface area contributed by atoms with Crippen molar-refractivity contribution in [3.8, 4) is 0 Å². The Labute approximate surface area is 126 Å². The fourth-order valence-corrected chi connectivity index (χ4v) is 3.12. The monoisotopic (exact) mass is 292 g/mol. The second-order valence-electron chi connectivity index (χ2n) is 5.89. The fraction of sp³-hybridized carbons (Fsp3) is 0.600. The summed E-state index contributed by atoms with van der Waals surface area (Å²) in [6, 6.07) is 3.89. The lowest BCUT2D eigenvalue weighted by atomic mass is 9.96. The van der Waals surface area contributed by atoms with Gasteiger partial charge in [0.05, 0.1) is 5.56 Å². The molecule has 3 N–H and O–H groups in total. The molecule has 0 atom stereocenters. The van der Waals surface area contributed by atoms with Crippen LogP contribution in [0.3, 0.4) is 0 Å². The summed E-state index contributed by atoms with van der Waals surface area (Å²) in [5, 5.41) is 3.48. The average molecular weight is 292 g/mol. The van der Waals surface area contributed by atoms with Crippen LogP contribution >= 0.6 is 12.2 Å². The summed E-state index contributed by atoms with van der Waals surface area (Å²) in [5.74, 6) is 0.811. The van der Waals surface area contributed by atoms with Crippen molar-refractivity contribution in [1.82, 2.24) is 9.88 Å². The van der Waals surface area contributed by atoms with E-state index in [0.717, 1.165) is 23.6 Å². The number of likely N-dealkylation sites (N-methyl/N-ethyl adjacent to an activating group) is 1. The molecule has 1 aromatic rings. The predicted molar refractivity (Wildman–Crippen MR) is 88.2 cm³/mol. The molecule has 0 aromatic carbocycles. The van der Waals surface area contributed by atoms with Crippen molar-refractivity contribution in [3.63, 3.8) is 0 Å². The summed E-state index contributed by atoms with van der Waals surface area (Å²) in [7, 11) is 4.32. The molecule has 110 valence electrons. The van der Waals surface area contributed by atoms with Crippen molar-refractivity contribution in [1.29, 1.82) is 0 Å². The quantitative estimate of drug-likeness (QED) is 0.816. The topological polar surface area (TPSA) is 54.2 Å². The number of hydrogen-bond donors (Lipinski definition) is 2. The highest BCUT2D eigenvalue weighted by atomic mass is 32.1. The lowest BCUT2D eigenvalue weighted by Crippen LogP contribution is -2.47. The Kier molecular flexibility index (Phi) is 4.60. The highest BCUT2D eigenvalue weighted by molar-refractivity contribution is 7.80. The fourth-order valence-electron chi connectivity index (χ4n) is 2.95. The molecule has 1 fully saturated rings. The third-order valence-corrected chi connectivity index (χ3v) is 4.59. The van der Waals surface area contributed by atoms with Crippen LogP contribution in [0.5, 0.6) is 0 Å². The van der Waals surface area contributed by atoms with Crippen LogP contribution in [0.25, 0.3) is 0 Å². The molecule has 1 aliphatic carbocycles. The first-order chi connectivity index (χ1) is 9.44. The molecule has 2 rings (SSSR count). The number of aryl methyl sites for hydroxylation is 1. The molecule has 1 aromatic heterocycles. The first-order valence-corrected chi connectivity index (χ1v) is 7.54. The molecule has 0 aliphatic heterocycles. The van der Waals surface area contributed by atoms with E-state index in [1.807, 2.05) is 19.1 Å². The molecule has 0 radical (unpaired) electrons. The van der Waals surface area contributed by atoms with Gasteiger partial charge in [0.1, 0.15) is 10.8 Å². The second-order valence-corrected chi connectivity index (χ2v) is 6.33. The molecule has 0 unspecified atom stereocenters. The summed E-state index contributed by atoms with van der Waals surface area (Å²) in [5.41, 5.74) is 7.80. The van der Waals surface area contributed by atoms with Crippen LogP contribution in [0.1, 0.15) is 36.9 Å². The van der Waals surface area contributed by atoms with Crippen molar-refractivity contribution >= 4 is 23.0 Å². The van der Waals surface area contributed by atoms with Crippen LogP contribution in [0.2, 0.25) is 0 Å². The third kappa shape index (κ3) is 3.10. The van der Waals surface area contributed by atoms with Crippen molar-refractivity contribution in [2.75, 3.05) is 26.0 Å². The third-order valence-electron chi connectivity index (χ3n) is 4.37. The minimum atomic E-state index is 0.221. The van der Waals surface area contributed by atoms with Gasteiger partial charge in [0, 0.05) is 17.8 Å². The van der Waals surface area contributed by atoms with Gasteiger partial charge in [0.25, 0.3) is 0 Å². The molecule has 5 heteroatoms. The van der Waals surface area contributed by atoms with Crippen molar-refractivity contribution < 1.29 is 0 Å². The Morgan fingerprint density at radius 3 is 2.60 bits per heavy atom. The van der Waals surface area contributed by atoms with Crippen LogP contribution < -0.4 is 11.1 Å². The van der Waals surface area contributed by atoms with Crippen LogP contribution in [-0.2, 0) is 0 Å². The van der Waals surface area contributed by atoms with Crippen molar-refractivity contribution in [3.05, 3.63) is 23.4 Å². The summed E-state index contributed by atoms with van der Waals surface area (Å²) in [6.07, 6.45) is 5.04. The van der Waals surface area contributed by atoms with Crippen molar-refractivity contribution in [2.45, 2.75) is 38.1 Å². The predicted octanol–water partition coefficient (Wildman–Crippen LogP) is 2.31. The zero-order chi connectivity index (χ0) is 14.8. The van der Waals surface area contributed by atoms with Gasteiger partial charge in [-0.1, -0.05) is 25.1 Å². The number of anilines is 1. The number of nitrogens with two attached hydrogens (primary N) is 1. The first kappa shape index (κ1) is 15.2. The van der Waals surface area contributed by atoms with E-state index in [1.54, 1.807) is 0 Å². The first-order valence-electron chi connectivity index (χ1n) is 7.13. The summed E-state index contributed by atoms with van der Waals surface area (Å²) < 4.78 is 0. The number of nitrogens with zero attached hydrogens (tertiary/aromatic N) is 2. The molecular weight excluding hydrogens is 268 g/mol. The van der Waals surface area contributed by atoms with E-state index >= 15 is 0 Å². The summed E-state index contributed by atoms with van der Waals surface area (Å²) >= 11 is 5.11.